The molecule has 0 spiro atoms. The molecule has 0 unspecified atom stereocenters. The Bertz CT molecular complexity index is 930. The highest BCUT2D eigenvalue weighted by molar-refractivity contribution is 6.08. The Morgan fingerprint density at radius 1 is 0.964 bits per heavy atom. The van der Waals surface area contributed by atoms with Gasteiger partial charge in [-0.3, -0.25) is 10.1 Å². The Morgan fingerprint density at radius 3 is 2.18 bits per heavy atom. The van der Waals surface area contributed by atoms with Crippen LogP contribution in [0, 0.1) is 10.1 Å². The van der Waals surface area contributed by atoms with Crippen LogP contribution in [0.25, 0.3) is 0 Å². The van der Waals surface area contributed by atoms with Crippen LogP contribution in [0.1, 0.15) is 10.4 Å². The minimum absolute atomic E-state index is 0.186. The van der Waals surface area contributed by atoms with Crippen molar-refractivity contribution >= 4 is 29.3 Å². The summed E-state index contributed by atoms with van der Waals surface area (Å²) < 4.78 is 14.1. The van der Waals surface area contributed by atoms with Gasteiger partial charge in [-0.1, -0.05) is 12.1 Å². The van der Waals surface area contributed by atoms with E-state index in [4.69, 9.17) is 14.2 Å². The van der Waals surface area contributed by atoms with Crippen molar-refractivity contribution < 1.29 is 33.5 Å². The summed E-state index contributed by atoms with van der Waals surface area (Å²) in [5, 5.41) is 11.6. The maximum Gasteiger partial charge on any atom is 0.355 e. The summed E-state index contributed by atoms with van der Waals surface area (Å²) in [6.07, 6.45) is 5.44. The molecule has 0 saturated heterocycles. The van der Waals surface area contributed by atoms with E-state index in [-0.39, 0.29) is 22.5 Å². The first-order chi connectivity index (χ1) is 13.4. The standard InChI is InChI=1S/C18H16N2O8/c1-26-16(21)11-8-6-9-13(20(24)25)14(11)19-10-5-4-7-12(17(22)27-2)15(19)18(23)28-3/h4-10H,1-3H3. The summed E-state index contributed by atoms with van der Waals surface area (Å²) in [7, 11) is 3.31. The minimum atomic E-state index is -0.967. The summed E-state index contributed by atoms with van der Waals surface area (Å²) in [6, 6.07) is 3.75. The third-order valence-electron chi connectivity index (χ3n) is 3.75. The van der Waals surface area contributed by atoms with Gasteiger partial charge in [0.1, 0.15) is 11.4 Å². The lowest BCUT2D eigenvalue weighted by Crippen LogP contribution is -2.29. The van der Waals surface area contributed by atoms with E-state index in [0.29, 0.717) is 0 Å². The minimum Gasteiger partial charge on any atom is -0.465 e. The number of para-hydroxylation sites is 1. The monoisotopic (exact) mass is 388 g/mol. The Labute approximate surface area is 159 Å². The van der Waals surface area contributed by atoms with Gasteiger partial charge >= 0.3 is 17.9 Å². The Morgan fingerprint density at radius 2 is 1.61 bits per heavy atom. The van der Waals surface area contributed by atoms with Gasteiger partial charge in [0.15, 0.2) is 0 Å². The first-order valence-corrected chi connectivity index (χ1v) is 7.78. The third kappa shape index (κ3) is 3.75. The molecule has 0 N–H and O–H groups in total. The van der Waals surface area contributed by atoms with Crippen LogP contribution in [-0.4, -0.2) is 44.2 Å². The van der Waals surface area contributed by atoms with Gasteiger partial charge in [-0.05, 0) is 18.2 Å². The number of methoxy groups -OCH3 is 3. The molecule has 1 aromatic rings. The van der Waals surface area contributed by atoms with Crippen LogP contribution in [0.4, 0.5) is 11.4 Å². The van der Waals surface area contributed by atoms with Gasteiger partial charge in [-0.2, -0.15) is 0 Å². The van der Waals surface area contributed by atoms with Crippen molar-refractivity contribution in [3.8, 4) is 0 Å². The number of ether oxygens (including phenoxy) is 3. The molecule has 0 atom stereocenters. The number of benzene rings is 1. The van der Waals surface area contributed by atoms with Crippen LogP contribution in [0.5, 0.6) is 0 Å². The smallest absolute Gasteiger partial charge is 0.355 e. The highest BCUT2D eigenvalue weighted by atomic mass is 16.6. The fourth-order valence-corrected chi connectivity index (χ4v) is 2.54. The molecule has 1 heterocycles. The van der Waals surface area contributed by atoms with Gasteiger partial charge in [0.05, 0.1) is 37.4 Å². The zero-order chi connectivity index (χ0) is 20.8. The number of carbonyl (C=O) groups excluding carboxylic acids is 3. The van der Waals surface area contributed by atoms with E-state index < -0.39 is 28.5 Å². The number of esters is 3. The molecule has 10 heteroatoms. The normalized spacial score (nSPS) is 13.0. The van der Waals surface area contributed by atoms with Gasteiger partial charge in [-0.25, -0.2) is 14.4 Å². The van der Waals surface area contributed by atoms with Crippen molar-refractivity contribution in [3.63, 3.8) is 0 Å². The molecule has 0 saturated carbocycles. The number of nitro groups is 1. The summed E-state index contributed by atoms with van der Waals surface area (Å²) in [5.41, 5.74) is -1.51. The number of allylic oxidation sites excluding steroid dienone is 2. The zero-order valence-corrected chi connectivity index (χ0v) is 15.2. The van der Waals surface area contributed by atoms with Gasteiger partial charge in [0, 0.05) is 12.3 Å². The van der Waals surface area contributed by atoms with Gasteiger partial charge < -0.3 is 19.1 Å². The highest BCUT2D eigenvalue weighted by Gasteiger charge is 2.34. The average Bonchev–Trinajstić information content (AvgIpc) is 2.94. The highest BCUT2D eigenvalue weighted by Crippen LogP contribution is 2.37. The lowest BCUT2D eigenvalue weighted by atomic mass is 10.1. The molecule has 146 valence electrons. The second-order valence-electron chi connectivity index (χ2n) is 5.24. The molecular formula is C18H16N2O8. The van der Waals surface area contributed by atoms with Crippen LogP contribution in [0.15, 0.2) is 53.9 Å². The molecule has 0 amide bonds. The summed E-state index contributed by atoms with van der Waals surface area (Å²) >= 11 is 0. The average molecular weight is 388 g/mol. The predicted molar refractivity (Wildman–Crippen MR) is 96.3 cm³/mol. The molecule has 1 aliphatic rings. The number of hydrogen-bond acceptors (Lipinski definition) is 9. The molecular weight excluding hydrogens is 372 g/mol. The molecule has 10 nitrogen and oxygen atoms in total. The molecule has 2 rings (SSSR count). The number of carbonyl (C=O) groups is 3. The predicted octanol–water partition coefficient (Wildman–Crippen LogP) is 1.87. The SMILES string of the molecule is COC(=O)C1=C(C(=O)OC)N(c2c(C(=O)OC)cccc2[N+](=O)[O-])C=CC=C1. The molecule has 0 radical (unpaired) electrons. The van der Waals surface area contributed by atoms with E-state index in [1.165, 1.54) is 36.6 Å². The second-order valence-corrected chi connectivity index (χ2v) is 5.24. The zero-order valence-electron chi connectivity index (χ0n) is 15.2. The Balaban J connectivity index is 2.91. The Kier molecular flexibility index (Phi) is 6.27. The number of anilines is 1. The van der Waals surface area contributed by atoms with E-state index in [9.17, 15) is 24.5 Å². The topological polar surface area (TPSA) is 125 Å². The molecule has 0 fully saturated rings. The largest absolute Gasteiger partial charge is 0.465 e. The molecule has 28 heavy (non-hydrogen) atoms. The number of rotatable bonds is 5. The van der Waals surface area contributed by atoms with Crippen LogP contribution in [0.3, 0.4) is 0 Å². The summed E-state index contributed by atoms with van der Waals surface area (Å²) in [6.45, 7) is 0. The van der Waals surface area contributed by atoms with E-state index in [2.05, 4.69) is 0 Å². The van der Waals surface area contributed by atoms with E-state index >= 15 is 0 Å². The molecule has 0 aromatic heterocycles. The van der Waals surface area contributed by atoms with Crippen molar-refractivity contribution in [3.05, 3.63) is 69.6 Å². The fraction of sp³-hybridized carbons (Fsp3) is 0.167. The van der Waals surface area contributed by atoms with Crippen molar-refractivity contribution in [1.29, 1.82) is 0 Å². The lowest BCUT2D eigenvalue weighted by Gasteiger charge is -2.24. The summed E-state index contributed by atoms with van der Waals surface area (Å²) in [4.78, 5) is 48.8. The van der Waals surface area contributed by atoms with E-state index in [0.717, 1.165) is 32.3 Å². The molecule has 0 aliphatic carbocycles. The van der Waals surface area contributed by atoms with Crippen LogP contribution in [0.2, 0.25) is 0 Å². The van der Waals surface area contributed by atoms with E-state index in [1.54, 1.807) is 0 Å². The van der Waals surface area contributed by atoms with Crippen molar-refractivity contribution in [2.45, 2.75) is 0 Å². The van der Waals surface area contributed by atoms with Gasteiger partial charge in [-0.15, -0.1) is 0 Å². The lowest BCUT2D eigenvalue weighted by molar-refractivity contribution is -0.384. The van der Waals surface area contributed by atoms with Crippen molar-refractivity contribution in [2.24, 2.45) is 0 Å². The Hall–Kier alpha value is -3.95. The fourth-order valence-electron chi connectivity index (χ4n) is 2.54. The number of hydrogen-bond donors (Lipinski definition) is 0. The molecule has 1 aliphatic heterocycles. The quantitative estimate of drug-likeness (QED) is 0.321. The number of nitro benzene ring substituents is 1. The first-order valence-electron chi connectivity index (χ1n) is 7.78. The van der Waals surface area contributed by atoms with Crippen LogP contribution >= 0.6 is 0 Å². The van der Waals surface area contributed by atoms with Gasteiger partial charge in [0.2, 0.25) is 0 Å². The van der Waals surface area contributed by atoms with Crippen molar-refractivity contribution in [2.75, 3.05) is 26.2 Å². The van der Waals surface area contributed by atoms with Crippen LogP contribution in [-0.2, 0) is 23.8 Å². The van der Waals surface area contributed by atoms with Crippen LogP contribution < -0.4 is 4.90 Å². The maximum atomic E-state index is 12.5. The van der Waals surface area contributed by atoms with Crippen molar-refractivity contribution in [1.82, 2.24) is 0 Å². The first kappa shape index (κ1) is 20.4. The van der Waals surface area contributed by atoms with Gasteiger partial charge in [0.25, 0.3) is 5.69 Å². The second kappa shape index (κ2) is 8.62. The molecule has 1 aromatic carbocycles. The summed E-state index contributed by atoms with van der Waals surface area (Å²) in [5.74, 6) is -2.71. The number of nitrogens with zero attached hydrogens (tertiary/aromatic N) is 2. The molecule has 0 bridgehead atoms. The van der Waals surface area contributed by atoms with E-state index in [1.807, 2.05) is 0 Å². The maximum absolute atomic E-state index is 12.5. The third-order valence-corrected chi connectivity index (χ3v) is 3.75.